The molecule has 0 unspecified atom stereocenters. The van der Waals surface area contributed by atoms with Crippen molar-refractivity contribution in [1.29, 1.82) is 0 Å². The molecule has 0 aliphatic heterocycles. The van der Waals surface area contributed by atoms with Crippen molar-refractivity contribution in [2.45, 2.75) is 19.3 Å². The van der Waals surface area contributed by atoms with E-state index in [4.69, 9.17) is 18.0 Å². The molecular formula is C6H8Cl. The van der Waals surface area contributed by atoms with Gasteiger partial charge in [0.1, 0.15) is 0 Å². The van der Waals surface area contributed by atoms with Crippen LogP contribution in [-0.4, -0.2) is 5.88 Å². The van der Waals surface area contributed by atoms with Crippen LogP contribution in [0.5, 0.6) is 0 Å². The highest BCUT2D eigenvalue weighted by Gasteiger charge is 1.79. The number of halogens is 1. The van der Waals surface area contributed by atoms with Crippen LogP contribution < -0.4 is 0 Å². The van der Waals surface area contributed by atoms with Gasteiger partial charge in [-0.2, -0.15) is 0 Å². The molecule has 0 aromatic carbocycles. The number of alkyl halides is 1. The van der Waals surface area contributed by atoms with Crippen molar-refractivity contribution in [3.63, 3.8) is 0 Å². The van der Waals surface area contributed by atoms with Crippen LogP contribution in [0.2, 0.25) is 0 Å². The third-order valence-corrected chi connectivity index (χ3v) is 0.953. The smallest absolute Gasteiger partial charge is 0.0223 e. The van der Waals surface area contributed by atoms with Crippen molar-refractivity contribution in [1.82, 2.24) is 0 Å². The molecule has 7 heavy (non-hydrogen) atoms. The highest BCUT2D eigenvalue weighted by atomic mass is 35.5. The summed E-state index contributed by atoms with van der Waals surface area (Å²) in [6.45, 7) is 0. The molecule has 0 atom stereocenters. The molecule has 39 valence electrons. The third-order valence-electron chi connectivity index (χ3n) is 0.685. The Morgan fingerprint density at radius 1 is 1.43 bits per heavy atom. The van der Waals surface area contributed by atoms with E-state index >= 15 is 0 Å². The molecule has 0 aliphatic rings. The van der Waals surface area contributed by atoms with Crippen molar-refractivity contribution >= 4 is 11.6 Å². The molecule has 0 spiro atoms. The van der Waals surface area contributed by atoms with Gasteiger partial charge in [0.2, 0.25) is 0 Å². The van der Waals surface area contributed by atoms with E-state index in [1.807, 2.05) is 0 Å². The van der Waals surface area contributed by atoms with Gasteiger partial charge in [0.25, 0.3) is 0 Å². The largest absolute Gasteiger partial charge is 0.127 e. The maximum atomic E-state index is 6.49. The van der Waals surface area contributed by atoms with Gasteiger partial charge in [0.15, 0.2) is 0 Å². The first-order valence-electron chi connectivity index (χ1n) is 2.37. The van der Waals surface area contributed by atoms with Gasteiger partial charge in [-0.25, -0.2) is 0 Å². The number of unbranched alkanes of at least 4 members (excludes halogenated alkanes) is 2. The molecular weight excluding hydrogens is 108 g/mol. The predicted octanol–water partition coefficient (Wildman–Crippen LogP) is 1.99. The lowest BCUT2D eigenvalue weighted by Gasteiger charge is -1.84. The Morgan fingerprint density at radius 3 is 2.57 bits per heavy atom. The summed E-state index contributed by atoms with van der Waals surface area (Å²) in [5.41, 5.74) is 0. The fourth-order valence-electron chi connectivity index (χ4n) is 0.308. The highest BCUT2D eigenvalue weighted by Crippen LogP contribution is 1.93. The lowest BCUT2D eigenvalue weighted by molar-refractivity contribution is 0.833. The highest BCUT2D eigenvalue weighted by molar-refractivity contribution is 6.17. The maximum absolute atomic E-state index is 6.49. The van der Waals surface area contributed by atoms with Crippen molar-refractivity contribution in [3.8, 4) is 5.92 Å². The minimum atomic E-state index is 0.710. The summed E-state index contributed by atoms with van der Waals surface area (Å²) in [4.78, 5) is 0. The summed E-state index contributed by atoms with van der Waals surface area (Å²) in [7, 11) is 0. The number of rotatable bonds is 3. The van der Waals surface area contributed by atoms with E-state index in [-0.39, 0.29) is 0 Å². The molecule has 0 heterocycles. The average Bonchev–Trinajstić information content (AvgIpc) is 1.69. The van der Waals surface area contributed by atoms with Gasteiger partial charge in [-0.1, -0.05) is 5.92 Å². The van der Waals surface area contributed by atoms with Gasteiger partial charge in [0.05, 0.1) is 0 Å². The molecule has 0 bridgehead atoms. The lowest BCUT2D eigenvalue weighted by atomic mass is 10.3. The van der Waals surface area contributed by atoms with E-state index in [0.29, 0.717) is 5.88 Å². The Kier molecular flexibility index (Phi) is 5.72. The first kappa shape index (κ1) is 6.85. The first-order valence-corrected chi connectivity index (χ1v) is 2.91. The maximum Gasteiger partial charge on any atom is 0.0223 e. The van der Waals surface area contributed by atoms with E-state index in [1.54, 1.807) is 0 Å². The molecule has 0 nitrogen and oxygen atoms in total. The van der Waals surface area contributed by atoms with Crippen molar-refractivity contribution in [2.24, 2.45) is 0 Å². The van der Waals surface area contributed by atoms with Crippen LogP contribution >= 0.6 is 11.6 Å². The molecule has 0 aliphatic carbocycles. The van der Waals surface area contributed by atoms with Gasteiger partial charge in [-0.15, -0.1) is 11.6 Å². The standard InChI is InChI=1S/C6H8Cl/c1-2-3-4-5-6-7/h3-6H2. The predicted molar refractivity (Wildman–Crippen MR) is 31.7 cm³/mol. The van der Waals surface area contributed by atoms with Crippen molar-refractivity contribution in [2.75, 3.05) is 5.88 Å². The summed E-state index contributed by atoms with van der Waals surface area (Å²) in [5.74, 6) is 3.00. The van der Waals surface area contributed by atoms with Gasteiger partial charge >= 0.3 is 0 Å². The van der Waals surface area contributed by atoms with E-state index in [0.717, 1.165) is 19.3 Å². The first-order chi connectivity index (χ1) is 3.41. The van der Waals surface area contributed by atoms with Crippen LogP contribution in [0.25, 0.3) is 0 Å². The lowest BCUT2D eigenvalue weighted by Crippen LogP contribution is -1.72. The zero-order valence-corrected chi connectivity index (χ0v) is 4.96. The molecule has 0 aromatic rings. The van der Waals surface area contributed by atoms with E-state index in [1.165, 1.54) is 0 Å². The number of hydrogen-bond acceptors (Lipinski definition) is 0. The van der Waals surface area contributed by atoms with Crippen LogP contribution in [0, 0.1) is 12.3 Å². The topological polar surface area (TPSA) is 0 Å². The minimum absolute atomic E-state index is 0.710. The molecule has 0 saturated heterocycles. The fourth-order valence-corrected chi connectivity index (χ4v) is 0.497. The summed E-state index contributed by atoms with van der Waals surface area (Å²) in [5, 5.41) is 0. The minimum Gasteiger partial charge on any atom is -0.127 e. The van der Waals surface area contributed by atoms with Gasteiger partial charge < -0.3 is 0 Å². The molecule has 0 rings (SSSR count). The second-order valence-corrected chi connectivity index (χ2v) is 1.70. The molecule has 0 amide bonds. The van der Waals surface area contributed by atoms with Gasteiger partial charge in [-0.05, 0) is 19.3 Å². The Morgan fingerprint density at radius 2 is 2.14 bits per heavy atom. The van der Waals surface area contributed by atoms with Crippen LogP contribution in [0.1, 0.15) is 19.3 Å². The molecule has 1 radical (unpaired) electrons. The summed E-state index contributed by atoms with van der Waals surface area (Å²) >= 11 is 5.35. The third kappa shape index (κ3) is 5.85. The molecule has 1 heteroatoms. The Balaban J connectivity index is 2.60. The van der Waals surface area contributed by atoms with E-state index in [2.05, 4.69) is 5.92 Å². The average molecular weight is 116 g/mol. The van der Waals surface area contributed by atoms with Gasteiger partial charge in [-0.3, -0.25) is 0 Å². The second kappa shape index (κ2) is 5.85. The van der Waals surface area contributed by atoms with Crippen LogP contribution in [0.3, 0.4) is 0 Å². The zero-order valence-electron chi connectivity index (χ0n) is 4.21. The van der Waals surface area contributed by atoms with Crippen molar-refractivity contribution in [3.05, 3.63) is 6.42 Å². The Hall–Kier alpha value is -0.150. The van der Waals surface area contributed by atoms with E-state index < -0.39 is 0 Å². The Labute approximate surface area is 49.9 Å². The number of hydrogen-bond donors (Lipinski definition) is 0. The molecule has 0 fully saturated rings. The van der Waals surface area contributed by atoms with Crippen LogP contribution in [-0.2, 0) is 0 Å². The summed E-state index contributed by atoms with van der Waals surface area (Å²) < 4.78 is 0. The molecule has 0 saturated carbocycles. The van der Waals surface area contributed by atoms with E-state index in [9.17, 15) is 0 Å². The molecule has 0 N–H and O–H groups in total. The summed E-state index contributed by atoms with van der Waals surface area (Å²) in [6, 6.07) is 0. The summed E-state index contributed by atoms with van der Waals surface area (Å²) in [6.07, 6.45) is 9.26. The van der Waals surface area contributed by atoms with Crippen LogP contribution in [0.15, 0.2) is 0 Å². The second-order valence-electron chi connectivity index (χ2n) is 1.32. The van der Waals surface area contributed by atoms with Gasteiger partial charge in [0, 0.05) is 12.3 Å². The fraction of sp³-hybridized carbons (Fsp3) is 0.667. The Bertz CT molecular complexity index is 61.1. The monoisotopic (exact) mass is 115 g/mol. The van der Waals surface area contributed by atoms with Crippen LogP contribution in [0.4, 0.5) is 0 Å². The molecule has 0 aromatic heterocycles. The zero-order chi connectivity index (χ0) is 5.54. The SMILES string of the molecule is [C]#CCCCCCl. The quantitative estimate of drug-likeness (QED) is 0.300. The normalized spacial score (nSPS) is 8.00. The van der Waals surface area contributed by atoms with Crippen molar-refractivity contribution < 1.29 is 0 Å².